The lowest BCUT2D eigenvalue weighted by molar-refractivity contribution is -0.117. The molecule has 3 heteroatoms. The molecule has 0 bridgehead atoms. The predicted molar refractivity (Wildman–Crippen MR) is 80.4 cm³/mol. The number of benzene rings is 2. The zero-order chi connectivity index (χ0) is 13.4. The van der Waals surface area contributed by atoms with Crippen LogP contribution in [0.2, 0.25) is 0 Å². The standard InChI is InChI=1S/C16H14BrNO/c1-10-4-2-3-5-11(10)8-14-13-9-12(17)6-7-15(13)18-16(14)19/h2-7,9,14H,8H2,1H3,(H,18,19)/t14-/m1/s1. The highest BCUT2D eigenvalue weighted by molar-refractivity contribution is 9.10. The van der Waals surface area contributed by atoms with Gasteiger partial charge in [0.2, 0.25) is 5.91 Å². The minimum atomic E-state index is -0.0893. The lowest BCUT2D eigenvalue weighted by atomic mass is 9.91. The molecule has 96 valence electrons. The third-order valence-corrected chi connectivity index (χ3v) is 4.14. The number of fused-ring (bicyclic) bond motifs is 1. The fourth-order valence-corrected chi connectivity index (χ4v) is 2.94. The second kappa shape index (κ2) is 4.82. The van der Waals surface area contributed by atoms with E-state index in [-0.39, 0.29) is 11.8 Å². The van der Waals surface area contributed by atoms with Gasteiger partial charge in [-0.25, -0.2) is 0 Å². The molecule has 1 aliphatic rings. The van der Waals surface area contributed by atoms with Crippen LogP contribution in [0.3, 0.4) is 0 Å². The quantitative estimate of drug-likeness (QED) is 0.890. The number of anilines is 1. The van der Waals surface area contributed by atoms with Crippen LogP contribution in [0.25, 0.3) is 0 Å². The van der Waals surface area contributed by atoms with Crippen LogP contribution >= 0.6 is 15.9 Å². The topological polar surface area (TPSA) is 29.1 Å². The van der Waals surface area contributed by atoms with Crippen molar-refractivity contribution in [2.75, 3.05) is 5.32 Å². The second-order valence-corrected chi connectivity index (χ2v) is 5.82. The van der Waals surface area contributed by atoms with Crippen molar-refractivity contribution in [1.29, 1.82) is 0 Å². The van der Waals surface area contributed by atoms with Crippen molar-refractivity contribution < 1.29 is 4.79 Å². The first-order chi connectivity index (χ1) is 9.15. The first kappa shape index (κ1) is 12.4. The number of carbonyl (C=O) groups excluding carboxylic acids is 1. The average molecular weight is 316 g/mol. The summed E-state index contributed by atoms with van der Waals surface area (Å²) in [7, 11) is 0. The molecule has 2 aromatic carbocycles. The highest BCUT2D eigenvalue weighted by Gasteiger charge is 2.30. The molecule has 1 aliphatic heterocycles. The number of aryl methyl sites for hydroxylation is 1. The molecule has 19 heavy (non-hydrogen) atoms. The molecular formula is C16H14BrNO. The first-order valence-corrected chi connectivity index (χ1v) is 7.09. The molecule has 0 unspecified atom stereocenters. The van der Waals surface area contributed by atoms with E-state index in [2.05, 4.69) is 40.3 Å². The summed E-state index contributed by atoms with van der Waals surface area (Å²) >= 11 is 3.47. The Morgan fingerprint density at radius 2 is 2.00 bits per heavy atom. The molecule has 1 amide bonds. The van der Waals surface area contributed by atoms with Crippen LogP contribution in [0, 0.1) is 6.92 Å². The van der Waals surface area contributed by atoms with E-state index in [1.54, 1.807) is 0 Å². The van der Waals surface area contributed by atoms with Crippen LogP contribution in [0.1, 0.15) is 22.6 Å². The summed E-state index contributed by atoms with van der Waals surface area (Å²) in [6, 6.07) is 14.2. The van der Waals surface area contributed by atoms with Crippen molar-refractivity contribution >= 4 is 27.5 Å². The van der Waals surface area contributed by atoms with Gasteiger partial charge in [0.25, 0.3) is 0 Å². The number of hydrogen-bond acceptors (Lipinski definition) is 1. The summed E-state index contributed by atoms with van der Waals surface area (Å²) < 4.78 is 1.01. The third kappa shape index (κ3) is 2.30. The maximum absolute atomic E-state index is 12.1. The van der Waals surface area contributed by atoms with Gasteiger partial charge in [0.1, 0.15) is 0 Å². The Balaban J connectivity index is 1.97. The van der Waals surface area contributed by atoms with Crippen LogP contribution in [0.15, 0.2) is 46.9 Å². The van der Waals surface area contributed by atoms with Crippen molar-refractivity contribution in [3.8, 4) is 0 Å². The maximum atomic E-state index is 12.1. The lowest BCUT2D eigenvalue weighted by Crippen LogP contribution is -2.14. The van der Waals surface area contributed by atoms with Crippen molar-refractivity contribution in [2.45, 2.75) is 19.3 Å². The number of halogens is 1. The van der Waals surface area contributed by atoms with E-state index >= 15 is 0 Å². The van der Waals surface area contributed by atoms with E-state index in [1.165, 1.54) is 11.1 Å². The van der Waals surface area contributed by atoms with E-state index in [0.717, 1.165) is 22.1 Å². The number of nitrogens with one attached hydrogen (secondary N) is 1. The highest BCUT2D eigenvalue weighted by atomic mass is 79.9. The zero-order valence-corrected chi connectivity index (χ0v) is 12.2. The molecule has 1 N–H and O–H groups in total. The molecule has 0 fully saturated rings. The monoisotopic (exact) mass is 315 g/mol. The molecule has 0 saturated carbocycles. The molecule has 3 rings (SSSR count). The van der Waals surface area contributed by atoms with Gasteiger partial charge >= 0.3 is 0 Å². The van der Waals surface area contributed by atoms with Gasteiger partial charge in [0.05, 0.1) is 5.92 Å². The minimum Gasteiger partial charge on any atom is -0.325 e. The number of carbonyl (C=O) groups is 1. The van der Waals surface area contributed by atoms with Crippen LogP contribution in [0.5, 0.6) is 0 Å². The Kier molecular flexibility index (Phi) is 3.15. The molecule has 1 atom stereocenters. The Morgan fingerprint density at radius 1 is 1.21 bits per heavy atom. The van der Waals surface area contributed by atoms with Gasteiger partial charge in [-0.15, -0.1) is 0 Å². The Labute approximate surface area is 121 Å². The molecule has 2 aromatic rings. The Morgan fingerprint density at radius 3 is 2.79 bits per heavy atom. The van der Waals surface area contributed by atoms with Gasteiger partial charge in [-0.1, -0.05) is 40.2 Å². The second-order valence-electron chi connectivity index (χ2n) is 4.90. The van der Waals surface area contributed by atoms with Crippen molar-refractivity contribution in [2.24, 2.45) is 0 Å². The van der Waals surface area contributed by atoms with Crippen LogP contribution in [-0.4, -0.2) is 5.91 Å². The summed E-state index contributed by atoms with van der Waals surface area (Å²) in [5.41, 5.74) is 4.49. The number of rotatable bonds is 2. The van der Waals surface area contributed by atoms with E-state index in [0.29, 0.717) is 0 Å². The van der Waals surface area contributed by atoms with Gasteiger partial charge in [-0.3, -0.25) is 4.79 Å². The van der Waals surface area contributed by atoms with Crippen molar-refractivity contribution in [1.82, 2.24) is 0 Å². The SMILES string of the molecule is Cc1ccccc1C[C@H]1C(=O)Nc2ccc(Br)cc21. The van der Waals surface area contributed by atoms with Crippen molar-refractivity contribution in [3.63, 3.8) is 0 Å². The molecule has 0 spiro atoms. The maximum Gasteiger partial charge on any atom is 0.232 e. The van der Waals surface area contributed by atoms with Gasteiger partial charge in [0, 0.05) is 10.2 Å². The first-order valence-electron chi connectivity index (χ1n) is 6.30. The molecule has 0 aliphatic carbocycles. The van der Waals surface area contributed by atoms with Crippen LogP contribution < -0.4 is 5.32 Å². The van der Waals surface area contributed by atoms with Crippen molar-refractivity contribution in [3.05, 3.63) is 63.6 Å². The largest absolute Gasteiger partial charge is 0.325 e. The fourth-order valence-electron chi connectivity index (χ4n) is 2.56. The highest BCUT2D eigenvalue weighted by Crippen LogP contribution is 2.36. The van der Waals surface area contributed by atoms with Gasteiger partial charge < -0.3 is 5.32 Å². The van der Waals surface area contributed by atoms with E-state index < -0.39 is 0 Å². The Hall–Kier alpha value is -1.61. The number of hydrogen-bond donors (Lipinski definition) is 1. The lowest BCUT2D eigenvalue weighted by Gasteiger charge is -2.11. The molecule has 2 nitrogen and oxygen atoms in total. The summed E-state index contributed by atoms with van der Waals surface area (Å²) in [5, 5.41) is 2.95. The molecule has 0 saturated heterocycles. The predicted octanol–water partition coefficient (Wildman–Crippen LogP) is 4.04. The normalized spacial score (nSPS) is 17.2. The van der Waals surface area contributed by atoms with E-state index in [1.807, 2.05) is 30.3 Å². The summed E-state index contributed by atoms with van der Waals surface area (Å²) in [6.45, 7) is 2.09. The fraction of sp³-hybridized carbons (Fsp3) is 0.188. The summed E-state index contributed by atoms with van der Waals surface area (Å²) in [4.78, 5) is 12.1. The average Bonchev–Trinajstić information content (AvgIpc) is 2.69. The summed E-state index contributed by atoms with van der Waals surface area (Å²) in [5.74, 6) is 0.00459. The van der Waals surface area contributed by atoms with Crippen LogP contribution in [-0.2, 0) is 11.2 Å². The zero-order valence-electron chi connectivity index (χ0n) is 10.6. The molecule has 0 aromatic heterocycles. The third-order valence-electron chi connectivity index (χ3n) is 3.65. The summed E-state index contributed by atoms with van der Waals surface area (Å²) in [6.07, 6.45) is 0.752. The molecule has 0 radical (unpaired) electrons. The number of amides is 1. The van der Waals surface area contributed by atoms with Crippen LogP contribution in [0.4, 0.5) is 5.69 Å². The smallest absolute Gasteiger partial charge is 0.232 e. The Bertz CT molecular complexity index is 651. The van der Waals surface area contributed by atoms with E-state index in [4.69, 9.17) is 0 Å². The van der Waals surface area contributed by atoms with E-state index in [9.17, 15) is 4.79 Å². The molecule has 1 heterocycles. The van der Waals surface area contributed by atoms with Gasteiger partial charge in [-0.05, 0) is 48.2 Å². The van der Waals surface area contributed by atoms with Gasteiger partial charge in [0.15, 0.2) is 0 Å². The minimum absolute atomic E-state index is 0.0893. The van der Waals surface area contributed by atoms with Gasteiger partial charge in [-0.2, -0.15) is 0 Å². The molecular weight excluding hydrogens is 302 g/mol.